The summed E-state index contributed by atoms with van der Waals surface area (Å²) < 4.78 is 3.71. The first-order valence-corrected chi connectivity index (χ1v) is 17.4. The number of para-hydroxylation sites is 2. The number of imidazole rings is 1. The van der Waals surface area contributed by atoms with Gasteiger partial charge in [-0.1, -0.05) is 126 Å². The Morgan fingerprint density at radius 2 is 1.28 bits per heavy atom. The summed E-state index contributed by atoms with van der Waals surface area (Å²) >= 11 is 1.81. The number of fused-ring (bicyclic) bond motifs is 3. The Morgan fingerprint density at radius 3 is 1.91 bits per heavy atom. The number of aromatic nitrogens is 2. The van der Waals surface area contributed by atoms with Crippen molar-refractivity contribution in [3.05, 3.63) is 144 Å². The van der Waals surface area contributed by atoms with Crippen molar-refractivity contribution in [2.45, 2.75) is 46.0 Å². The summed E-state index contributed by atoms with van der Waals surface area (Å²) in [4.78, 5) is 5.41. The summed E-state index contributed by atoms with van der Waals surface area (Å²) in [6.45, 7) is 11.4. The maximum absolute atomic E-state index is 5.41. The van der Waals surface area contributed by atoms with Crippen molar-refractivity contribution < 1.29 is 0 Å². The van der Waals surface area contributed by atoms with Crippen LogP contribution in [0.25, 0.3) is 71.2 Å². The van der Waals surface area contributed by atoms with E-state index >= 15 is 0 Å². The van der Waals surface area contributed by atoms with E-state index in [2.05, 4.69) is 172 Å². The average molecular weight is 627 g/mol. The first kappa shape index (κ1) is 29.4. The second kappa shape index (κ2) is 11.4. The highest BCUT2D eigenvalue weighted by atomic mass is 32.1. The summed E-state index contributed by atoms with van der Waals surface area (Å²) in [7, 11) is 0. The van der Waals surface area contributed by atoms with Gasteiger partial charge in [0.2, 0.25) is 0 Å². The summed E-state index contributed by atoms with van der Waals surface area (Å²) in [6.07, 6.45) is 0. The molecule has 0 amide bonds. The van der Waals surface area contributed by atoms with E-state index in [1.165, 1.54) is 54.2 Å². The third kappa shape index (κ3) is 5.16. The zero-order valence-corrected chi connectivity index (χ0v) is 28.4. The van der Waals surface area contributed by atoms with Crippen LogP contribution in [0, 0.1) is 0 Å². The third-order valence-electron chi connectivity index (χ3n) is 9.39. The molecule has 47 heavy (non-hydrogen) atoms. The molecule has 3 heteroatoms. The lowest BCUT2D eigenvalue weighted by Gasteiger charge is -2.26. The molecule has 230 valence electrons. The van der Waals surface area contributed by atoms with Crippen molar-refractivity contribution in [2.24, 2.45) is 0 Å². The van der Waals surface area contributed by atoms with Crippen LogP contribution in [0.15, 0.2) is 133 Å². The molecule has 0 atom stereocenters. The monoisotopic (exact) mass is 626 g/mol. The van der Waals surface area contributed by atoms with Gasteiger partial charge in [-0.25, -0.2) is 4.98 Å². The van der Waals surface area contributed by atoms with Gasteiger partial charge in [-0.05, 0) is 80.8 Å². The molecule has 0 aliphatic heterocycles. The van der Waals surface area contributed by atoms with Crippen molar-refractivity contribution in [3.8, 4) is 39.3 Å². The van der Waals surface area contributed by atoms with Gasteiger partial charge >= 0.3 is 0 Å². The van der Waals surface area contributed by atoms with E-state index < -0.39 is 0 Å². The smallest absolute Gasteiger partial charge is 0.147 e. The van der Waals surface area contributed by atoms with E-state index in [0.29, 0.717) is 5.92 Å². The van der Waals surface area contributed by atoms with Crippen LogP contribution in [-0.4, -0.2) is 9.55 Å². The molecular formula is C44H38N2S. The highest BCUT2D eigenvalue weighted by Crippen LogP contribution is 2.45. The van der Waals surface area contributed by atoms with Crippen molar-refractivity contribution in [1.82, 2.24) is 9.55 Å². The Bertz CT molecular complexity index is 2340. The molecule has 0 bridgehead atoms. The molecule has 2 nitrogen and oxygen atoms in total. The highest BCUT2D eigenvalue weighted by Gasteiger charge is 2.26. The molecule has 0 saturated heterocycles. The molecule has 0 fully saturated rings. The Morgan fingerprint density at radius 1 is 0.638 bits per heavy atom. The minimum Gasteiger partial charge on any atom is -0.291 e. The number of nitrogens with zero attached hydrogens (tertiary/aromatic N) is 2. The van der Waals surface area contributed by atoms with Crippen LogP contribution in [0.3, 0.4) is 0 Å². The van der Waals surface area contributed by atoms with Gasteiger partial charge in [0.1, 0.15) is 5.82 Å². The maximum Gasteiger partial charge on any atom is 0.147 e. The Hall–Kier alpha value is -4.99. The Kier molecular flexibility index (Phi) is 7.11. The Labute approximate surface area is 281 Å². The molecule has 0 N–H and O–H groups in total. The summed E-state index contributed by atoms with van der Waals surface area (Å²) in [5, 5.41) is 6.10. The van der Waals surface area contributed by atoms with Crippen LogP contribution in [-0.2, 0) is 5.41 Å². The maximum atomic E-state index is 5.41. The van der Waals surface area contributed by atoms with Gasteiger partial charge in [-0.2, -0.15) is 0 Å². The van der Waals surface area contributed by atoms with Gasteiger partial charge in [-0.15, -0.1) is 11.3 Å². The number of thiophene rings is 1. The fourth-order valence-corrected chi connectivity index (χ4v) is 7.71. The highest BCUT2D eigenvalue weighted by molar-refractivity contribution is 7.17. The minimum absolute atomic E-state index is 0.0362. The molecular weight excluding hydrogens is 589 g/mol. The third-order valence-corrected chi connectivity index (χ3v) is 10.3. The van der Waals surface area contributed by atoms with Crippen molar-refractivity contribution >= 4 is 43.2 Å². The quantitative estimate of drug-likeness (QED) is 0.186. The van der Waals surface area contributed by atoms with Gasteiger partial charge in [-0.3, -0.25) is 4.57 Å². The summed E-state index contributed by atoms with van der Waals surface area (Å²) in [6, 6.07) is 46.7. The van der Waals surface area contributed by atoms with Crippen LogP contribution in [0.1, 0.15) is 51.7 Å². The molecule has 2 heterocycles. The number of benzene rings is 6. The predicted molar refractivity (Wildman–Crippen MR) is 203 cm³/mol. The molecule has 0 aliphatic rings. The Balaban J connectivity index is 1.49. The number of hydrogen-bond acceptors (Lipinski definition) is 2. The molecule has 0 unspecified atom stereocenters. The van der Waals surface area contributed by atoms with Gasteiger partial charge in [0.25, 0.3) is 0 Å². The lowest BCUT2D eigenvalue weighted by atomic mass is 9.82. The van der Waals surface area contributed by atoms with E-state index in [1.54, 1.807) is 11.3 Å². The lowest BCUT2D eigenvalue weighted by Crippen LogP contribution is -2.13. The van der Waals surface area contributed by atoms with Gasteiger partial charge < -0.3 is 0 Å². The first-order valence-electron chi connectivity index (χ1n) is 16.5. The van der Waals surface area contributed by atoms with E-state index in [9.17, 15) is 0 Å². The van der Waals surface area contributed by atoms with Crippen LogP contribution in [0.5, 0.6) is 0 Å². The van der Waals surface area contributed by atoms with Gasteiger partial charge in [0, 0.05) is 32.2 Å². The normalized spacial score (nSPS) is 12.1. The topological polar surface area (TPSA) is 17.8 Å². The van der Waals surface area contributed by atoms with Gasteiger partial charge in [0.15, 0.2) is 0 Å². The molecule has 0 radical (unpaired) electrons. The van der Waals surface area contributed by atoms with E-state index in [4.69, 9.17) is 4.98 Å². The van der Waals surface area contributed by atoms with E-state index in [-0.39, 0.29) is 5.41 Å². The van der Waals surface area contributed by atoms with Crippen molar-refractivity contribution in [1.29, 1.82) is 0 Å². The second-order valence-electron chi connectivity index (χ2n) is 13.9. The molecule has 8 aromatic rings. The fourth-order valence-electron chi connectivity index (χ4n) is 6.74. The van der Waals surface area contributed by atoms with E-state index in [0.717, 1.165) is 28.1 Å². The minimum atomic E-state index is -0.0362. The summed E-state index contributed by atoms with van der Waals surface area (Å²) in [5.74, 6) is 1.46. The molecule has 2 aromatic heterocycles. The standard InChI is InChI=1S/C44H38N2S/c1-28(2)31-20-21-32-23-37-38(27-47-41(37)24-33(32)22-31)43-45-39-18-12-13-19-40(39)46(43)42-35(29-14-8-6-9-15-29)25-34(44(3,4)5)26-36(42)30-16-10-7-11-17-30/h6-28H,1-5H3. The van der Waals surface area contributed by atoms with Crippen molar-refractivity contribution in [2.75, 3.05) is 0 Å². The number of rotatable bonds is 5. The average Bonchev–Trinajstić information content (AvgIpc) is 3.67. The molecule has 8 rings (SSSR count). The van der Waals surface area contributed by atoms with E-state index in [1.807, 2.05) is 0 Å². The van der Waals surface area contributed by atoms with Crippen LogP contribution >= 0.6 is 11.3 Å². The molecule has 6 aromatic carbocycles. The van der Waals surface area contributed by atoms with Crippen LogP contribution in [0.2, 0.25) is 0 Å². The number of hydrogen-bond donors (Lipinski definition) is 0. The van der Waals surface area contributed by atoms with Crippen LogP contribution < -0.4 is 0 Å². The zero-order chi connectivity index (χ0) is 32.3. The first-order chi connectivity index (χ1) is 22.8. The second-order valence-corrected chi connectivity index (χ2v) is 14.8. The van der Waals surface area contributed by atoms with Crippen LogP contribution in [0.4, 0.5) is 0 Å². The predicted octanol–water partition coefficient (Wildman–Crippen LogP) is 12.8. The SMILES string of the molecule is CC(C)c1ccc2cc3c(-c4nc5ccccc5n4-c4c(-c5ccccc5)cc(C(C)(C)C)cc4-c4ccccc4)csc3cc2c1. The molecule has 0 saturated carbocycles. The zero-order valence-electron chi connectivity index (χ0n) is 27.6. The fraction of sp³-hybridized carbons (Fsp3) is 0.159. The van der Waals surface area contributed by atoms with Gasteiger partial charge in [0.05, 0.1) is 16.7 Å². The lowest BCUT2D eigenvalue weighted by molar-refractivity contribution is 0.590. The molecule has 0 spiro atoms. The largest absolute Gasteiger partial charge is 0.291 e. The molecule has 0 aliphatic carbocycles. The van der Waals surface area contributed by atoms with Crippen molar-refractivity contribution in [3.63, 3.8) is 0 Å². The summed E-state index contributed by atoms with van der Waals surface area (Å²) in [5.41, 5.74) is 11.8.